The summed E-state index contributed by atoms with van der Waals surface area (Å²) in [6, 6.07) is 5.68. The molecule has 0 fully saturated rings. The first-order valence-corrected chi connectivity index (χ1v) is 3.99. The number of hydrogen-bond acceptors (Lipinski definition) is 3. The number of aryl methyl sites for hydroxylation is 1. The lowest BCUT2D eigenvalue weighted by molar-refractivity contribution is 0.420. The number of fused-ring (bicyclic) bond motifs is 1. The molecular formula is C9H11N3O. The summed E-state index contributed by atoms with van der Waals surface area (Å²) in [5.41, 5.74) is 6.70. The van der Waals surface area contributed by atoms with Crippen molar-refractivity contribution in [3.05, 3.63) is 18.2 Å². The second-order valence-electron chi connectivity index (χ2n) is 2.86. The minimum absolute atomic E-state index is 0.632. The van der Waals surface area contributed by atoms with E-state index in [2.05, 4.69) is 5.10 Å². The quantitative estimate of drug-likeness (QED) is 0.711. The Labute approximate surface area is 75.9 Å². The van der Waals surface area contributed by atoms with Crippen LogP contribution in [0.4, 0.5) is 5.82 Å². The predicted octanol–water partition coefficient (Wildman–Crippen LogP) is 1.16. The van der Waals surface area contributed by atoms with Crippen LogP contribution >= 0.6 is 0 Å². The fraction of sp³-hybridized carbons (Fsp3) is 0.222. The van der Waals surface area contributed by atoms with Crippen LogP contribution in [0.2, 0.25) is 0 Å². The highest BCUT2D eigenvalue weighted by Crippen LogP contribution is 2.29. The van der Waals surface area contributed by atoms with Gasteiger partial charge in [0.25, 0.3) is 0 Å². The normalized spacial score (nSPS) is 10.6. The summed E-state index contributed by atoms with van der Waals surface area (Å²) in [5, 5.41) is 5.11. The summed E-state index contributed by atoms with van der Waals surface area (Å²) >= 11 is 0. The number of nitrogen functional groups attached to an aromatic ring is 1. The molecule has 0 aliphatic carbocycles. The minimum Gasteiger partial charge on any atom is -0.496 e. The summed E-state index contributed by atoms with van der Waals surface area (Å²) in [5.74, 6) is 1.40. The molecule has 0 amide bonds. The van der Waals surface area contributed by atoms with Gasteiger partial charge in [-0.05, 0) is 12.1 Å². The van der Waals surface area contributed by atoms with Crippen LogP contribution in [0, 0.1) is 0 Å². The van der Waals surface area contributed by atoms with E-state index in [1.54, 1.807) is 11.8 Å². The number of nitrogens with zero attached hydrogens (tertiary/aromatic N) is 2. The third-order valence-corrected chi connectivity index (χ3v) is 2.09. The van der Waals surface area contributed by atoms with Crippen molar-refractivity contribution in [1.29, 1.82) is 0 Å². The van der Waals surface area contributed by atoms with Gasteiger partial charge in [-0.3, -0.25) is 4.68 Å². The molecule has 1 aromatic heterocycles. The van der Waals surface area contributed by atoms with Crippen molar-refractivity contribution in [1.82, 2.24) is 9.78 Å². The SMILES string of the molecule is COc1cccc2nn(C)c(N)c12. The molecule has 1 aromatic carbocycles. The number of hydrogen-bond donors (Lipinski definition) is 1. The van der Waals surface area contributed by atoms with E-state index in [1.807, 2.05) is 25.2 Å². The molecule has 2 N–H and O–H groups in total. The average Bonchev–Trinajstić information content (AvgIpc) is 2.43. The second-order valence-corrected chi connectivity index (χ2v) is 2.86. The van der Waals surface area contributed by atoms with Gasteiger partial charge >= 0.3 is 0 Å². The van der Waals surface area contributed by atoms with Gasteiger partial charge in [0.2, 0.25) is 0 Å². The third kappa shape index (κ3) is 1.02. The molecule has 0 aliphatic heterocycles. The largest absolute Gasteiger partial charge is 0.496 e. The average molecular weight is 177 g/mol. The van der Waals surface area contributed by atoms with Crippen LogP contribution in [0.15, 0.2) is 18.2 Å². The molecule has 2 rings (SSSR count). The van der Waals surface area contributed by atoms with Gasteiger partial charge < -0.3 is 10.5 Å². The van der Waals surface area contributed by atoms with Crippen LogP contribution in [0.1, 0.15) is 0 Å². The summed E-state index contributed by atoms with van der Waals surface area (Å²) in [6.07, 6.45) is 0. The van der Waals surface area contributed by atoms with Gasteiger partial charge in [0, 0.05) is 7.05 Å². The van der Waals surface area contributed by atoms with Crippen molar-refractivity contribution in [3.8, 4) is 5.75 Å². The van der Waals surface area contributed by atoms with E-state index >= 15 is 0 Å². The van der Waals surface area contributed by atoms with Crippen LogP contribution in [-0.4, -0.2) is 16.9 Å². The molecule has 0 saturated carbocycles. The number of anilines is 1. The highest BCUT2D eigenvalue weighted by Gasteiger charge is 2.09. The molecular weight excluding hydrogens is 166 g/mol. The number of aromatic nitrogens is 2. The Bertz CT molecular complexity index is 447. The number of rotatable bonds is 1. The van der Waals surface area contributed by atoms with Gasteiger partial charge in [0.1, 0.15) is 11.6 Å². The number of methoxy groups -OCH3 is 1. The molecule has 0 atom stereocenters. The zero-order chi connectivity index (χ0) is 9.42. The number of benzene rings is 1. The van der Waals surface area contributed by atoms with Crippen molar-refractivity contribution < 1.29 is 4.74 Å². The summed E-state index contributed by atoms with van der Waals surface area (Å²) in [4.78, 5) is 0. The van der Waals surface area contributed by atoms with E-state index < -0.39 is 0 Å². The van der Waals surface area contributed by atoms with Crippen molar-refractivity contribution in [2.45, 2.75) is 0 Å². The fourth-order valence-corrected chi connectivity index (χ4v) is 1.41. The predicted molar refractivity (Wildman–Crippen MR) is 51.7 cm³/mol. The van der Waals surface area contributed by atoms with Gasteiger partial charge in [-0.1, -0.05) is 6.07 Å². The fourth-order valence-electron chi connectivity index (χ4n) is 1.41. The summed E-state index contributed by atoms with van der Waals surface area (Å²) < 4.78 is 6.83. The van der Waals surface area contributed by atoms with E-state index in [1.165, 1.54) is 0 Å². The Balaban J connectivity index is 2.87. The van der Waals surface area contributed by atoms with Crippen molar-refractivity contribution in [3.63, 3.8) is 0 Å². The molecule has 68 valence electrons. The molecule has 4 nitrogen and oxygen atoms in total. The second kappa shape index (κ2) is 2.65. The summed E-state index contributed by atoms with van der Waals surface area (Å²) in [7, 11) is 3.44. The third-order valence-electron chi connectivity index (χ3n) is 2.09. The summed E-state index contributed by atoms with van der Waals surface area (Å²) in [6.45, 7) is 0. The smallest absolute Gasteiger partial charge is 0.133 e. The molecule has 0 radical (unpaired) electrons. The lowest BCUT2D eigenvalue weighted by atomic mass is 10.2. The number of ether oxygens (including phenoxy) is 1. The van der Waals surface area contributed by atoms with Crippen molar-refractivity contribution in [2.24, 2.45) is 7.05 Å². The van der Waals surface area contributed by atoms with Crippen LogP contribution in [0.5, 0.6) is 5.75 Å². The Morgan fingerprint density at radius 2 is 2.23 bits per heavy atom. The van der Waals surface area contributed by atoms with Gasteiger partial charge in [-0.2, -0.15) is 5.10 Å². The van der Waals surface area contributed by atoms with E-state index in [0.29, 0.717) is 5.82 Å². The lowest BCUT2D eigenvalue weighted by Gasteiger charge is -2.00. The molecule has 0 aliphatic rings. The Kier molecular flexibility index (Phi) is 1.62. The highest BCUT2D eigenvalue weighted by atomic mass is 16.5. The monoisotopic (exact) mass is 177 g/mol. The van der Waals surface area contributed by atoms with Gasteiger partial charge in [0.15, 0.2) is 0 Å². The Morgan fingerprint density at radius 1 is 1.46 bits per heavy atom. The molecule has 2 aromatic rings. The number of nitrogens with two attached hydrogens (primary N) is 1. The molecule has 0 unspecified atom stereocenters. The first-order chi connectivity index (χ1) is 6.24. The molecule has 0 saturated heterocycles. The Morgan fingerprint density at radius 3 is 2.92 bits per heavy atom. The van der Waals surface area contributed by atoms with Gasteiger partial charge in [0.05, 0.1) is 18.0 Å². The van der Waals surface area contributed by atoms with Crippen molar-refractivity contribution >= 4 is 16.7 Å². The molecule has 0 bridgehead atoms. The minimum atomic E-state index is 0.632. The zero-order valence-electron chi connectivity index (χ0n) is 7.61. The molecule has 13 heavy (non-hydrogen) atoms. The van der Waals surface area contributed by atoms with Crippen LogP contribution in [0.3, 0.4) is 0 Å². The first-order valence-electron chi connectivity index (χ1n) is 3.99. The maximum Gasteiger partial charge on any atom is 0.133 e. The Hall–Kier alpha value is -1.71. The molecule has 0 spiro atoms. The standard InChI is InChI=1S/C9H11N3O/c1-12-9(10)8-6(11-12)4-3-5-7(8)13-2/h3-5H,10H2,1-2H3. The topological polar surface area (TPSA) is 53.1 Å². The van der Waals surface area contributed by atoms with E-state index in [0.717, 1.165) is 16.7 Å². The van der Waals surface area contributed by atoms with Gasteiger partial charge in [-0.25, -0.2) is 0 Å². The van der Waals surface area contributed by atoms with E-state index in [9.17, 15) is 0 Å². The van der Waals surface area contributed by atoms with Crippen LogP contribution in [0.25, 0.3) is 10.9 Å². The molecule has 1 heterocycles. The van der Waals surface area contributed by atoms with Gasteiger partial charge in [-0.15, -0.1) is 0 Å². The van der Waals surface area contributed by atoms with Crippen LogP contribution in [-0.2, 0) is 7.05 Å². The van der Waals surface area contributed by atoms with E-state index in [-0.39, 0.29) is 0 Å². The maximum atomic E-state index is 5.84. The first kappa shape index (κ1) is 7.91. The van der Waals surface area contributed by atoms with E-state index in [4.69, 9.17) is 10.5 Å². The lowest BCUT2D eigenvalue weighted by Crippen LogP contribution is -1.97. The van der Waals surface area contributed by atoms with Crippen molar-refractivity contribution in [2.75, 3.05) is 12.8 Å². The maximum absolute atomic E-state index is 5.84. The highest BCUT2D eigenvalue weighted by molar-refractivity contribution is 5.94. The van der Waals surface area contributed by atoms with Crippen LogP contribution < -0.4 is 10.5 Å². The molecule has 4 heteroatoms. The zero-order valence-corrected chi connectivity index (χ0v) is 7.61.